The minimum Gasteiger partial charge on any atom is -0.478 e. The lowest BCUT2D eigenvalue weighted by Crippen LogP contribution is -2.20. The first-order valence-corrected chi connectivity index (χ1v) is 5.40. The van der Waals surface area contributed by atoms with Gasteiger partial charge in [-0.2, -0.15) is 5.26 Å². The van der Waals surface area contributed by atoms with E-state index >= 15 is 0 Å². The number of hydrogen-bond acceptors (Lipinski definition) is 4. The second-order valence-electron chi connectivity index (χ2n) is 3.69. The van der Waals surface area contributed by atoms with Gasteiger partial charge in [0.25, 0.3) is 0 Å². The summed E-state index contributed by atoms with van der Waals surface area (Å²) in [6, 6.07) is 5.15. The predicted octanol–water partition coefficient (Wildman–Crippen LogP) is 1.69. The molecule has 5 heteroatoms. The number of nitrogens with zero attached hydrogens (tertiary/aromatic N) is 3. The summed E-state index contributed by atoms with van der Waals surface area (Å²) in [5, 5.41) is 17.5. The average molecular weight is 233 g/mol. The van der Waals surface area contributed by atoms with Crippen LogP contribution in [0.2, 0.25) is 0 Å². The highest BCUT2D eigenvalue weighted by Gasteiger charge is 2.10. The highest BCUT2D eigenvalue weighted by Crippen LogP contribution is 2.15. The van der Waals surface area contributed by atoms with Crippen LogP contribution in [0.4, 0.5) is 5.82 Å². The molecule has 0 aromatic carbocycles. The van der Waals surface area contributed by atoms with E-state index in [-0.39, 0.29) is 5.56 Å². The Morgan fingerprint density at radius 3 is 2.82 bits per heavy atom. The van der Waals surface area contributed by atoms with Crippen molar-refractivity contribution in [1.82, 2.24) is 4.98 Å². The Kier molecular flexibility index (Phi) is 4.46. The van der Waals surface area contributed by atoms with Crippen molar-refractivity contribution in [2.45, 2.75) is 19.8 Å². The number of carboxylic acid groups (broad SMARTS) is 1. The number of aromatic nitrogens is 1. The minimum atomic E-state index is -0.961. The highest BCUT2D eigenvalue weighted by molar-refractivity contribution is 5.88. The fourth-order valence-electron chi connectivity index (χ4n) is 1.40. The Morgan fingerprint density at radius 1 is 1.59 bits per heavy atom. The maximum atomic E-state index is 11.0. The van der Waals surface area contributed by atoms with Crippen molar-refractivity contribution in [3.63, 3.8) is 0 Å². The van der Waals surface area contributed by atoms with Crippen LogP contribution in [0.3, 0.4) is 0 Å². The van der Waals surface area contributed by atoms with Gasteiger partial charge in [0, 0.05) is 19.3 Å². The molecular formula is C12H15N3O2. The van der Waals surface area contributed by atoms with Crippen LogP contribution in [0.5, 0.6) is 0 Å². The van der Waals surface area contributed by atoms with Crippen LogP contribution >= 0.6 is 0 Å². The van der Waals surface area contributed by atoms with Gasteiger partial charge in [0.1, 0.15) is 5.82 Å². The van der Waals surface area contributed by atoms with Gasteiger partial charge in [0.15, 0.2) is 0 Å². The molecule has 1 rings (SSSR count). The first-order chi connectivity index (χ1) is 8.08. The number of pyridine rings is 1. The number of rotatable bonds is 5. The van der Waals surface area contributed by atoms with E-state index in [4.69, 9.17) is 10.4 Å². The molecule has 1 aromatic heterocycles. The average Bonchev–Trinajstić information content (AvgIpc) is 2.35. The number of carbonyl (C=O) groups is 1. The van der Waals surface area contributed by atoms with E-state index in [0.29, 0.717) is 25.2 Å². The van der Waals surface area contributed by atoms with Crippen LogP contribution in [0.25, 0.3) is 0 Å². The molecule has 0 saturated carbocycles. The fraction of sp³-hybridized carbons (Fsp3) is 0.417. The lowest BCUT2D eigenvalue weighted by Gasteiger charge is -2.17. The van der Waals surface area contributed by atoms with Gasteiger partial charge in [-0.05, 0) is 18.6 Å². The molecule has 1 aromatic rings. The number of anilines is 1. The Bertz CT molecular complexity index is 452. The van der Waals surface area contributed by atoms with Gasteiger partial charge in [0.2, 0.25) is 0 Å². The van der Waals surface area contributed by atoms with Gasteiger partial charge in [-0.3, -0.25) is 0 Å². The number of nitriles is 1. The van der Waals surface area contributed by atoms with Crippen LogP contribution in [0, 0.1) is 11.3 Å². The zero-order chi connectivity index (χ0) is 12.8. The number of carboxylic acids is 1. The molecule has 1 heterocycles. The summed E-state index contributed by atoms with van der Waals surface area (Å²) in [4.78, 5) is 17.1. The summed E-state index contributed by atoms with van der Waals surface area (Å²) in [6.07, 6.45) is 1.07. The smallest absolute Gasteiger partial charge is 0.335 e. The van der Waals surface area contributed by atoms with Crippen molar-refractivity contribution < 1.29 is 9.90 Å². The third kappa shape index (κ3) is 3.45. The summed E-state index contributed by atoms with van der Waals surface area (Å²) < 4.78 is 0. The van der Waals surface area contributed by atoms with Crippen LogP contribution in [-0.2, 0) is 6.42 Å². The third-order valence-corrected chi connectivity index (χ3v) is 2.42. The molecule has 90 valence electrons. The zero-order valence-corrected chi connectivity index (χ0v) is 9.97. The highest BCUT2D eigenvalue weighted by atomic mass is 16.4. The summed E-state index contributed by atoms with van der Waals surface area (Å²) in [5.74, 6) is -0.367. The van der Waals surface area contributed by atoms with Crippen molar-refractivity contribution in [2.24, 2.45) is 0 Å². The van der Waals surface area contributed by atoms with E-state index in [0.717, 1.165) is 5.69 Å². The SMILES string of the molecule is CCc1cc(C(=O)O)cc(N(C)CCC#N)n1. The van der Waals surface area contributed by atoms with Gasteiger partial charge < -0.3 is 10.0 Å². The Hall–Kier alpha value is -2.09. The Morgan fingerprint density at radius 2 is 2.29 bits per heavy atom. The molecule has 0 aliphatic rings. The van der Waals surface area contributed by atoms with Crippen molar-refractivity contribution in [3.05, 3.63) is 23.4 Å². The first-order valence-electron chi connectivity index (χ1n) is 5.40. The van der Waals surface area contributed by atoms with E-state index in [1.54, 1.807) is 18.0 Å². The first kappa shape index (κ1) is 13.0. The van der Waals surface area contributed by atoms with E-state index in [9.17, 15) is 4.79 Å². The van der Waals surface area contributed by atoms with E-state index in [1.807, 2.05) is 13.0 Å². The zero-order valence-electron chi connectivity index (χ0n) is 9.97. The van der Waals surface area contributed by atoms with Crippen LogP contribution in [0.1, 0.15) is 29.4 Å². The number of aromatic carboxylic acids is 1. The molecule has 0 saturated heterocycles. The molecule has 5 nitrogen and oxygen atoms in total. The van der Waals surface area contributed by atoms with Crippen LogP contribution in [-0.4, -0.2) is 29.7 Å². The standard InChI is InChI=1S/C12H15N3O2/c1-3-10-7-9(12(16)17)8-11(14-10)15(2)6-4-5-13/h7-8H,3-4,6H2,1-2H3,(H,16,17). The monoisotopic (exact) mass is 233 g/mol. The Labute approximate surface area is 100 Å². The van der Waals surface area contributed by atoms with Crippen LogP contribution < -0.4 is 4.90 Å². The summed E-state index contributed by atoms with van der Waals surface area (Å²) in [6.45, 7) is 2.46. The van der Waals surface area contributed by atoms with Gasteiger partial charge in [-0.15, -0.1) is 0 Å². The molecule has 0 amide bonds. The number of hydrogen-bond donors (Lipinski definition) is 1. The lowest BCUT2D eigenvalue weighted by molar-refractivity contribution is 0.0696. The second-order valence-corrected chi connectivity index (χ2v) is 3.69. The molecule has 0 spiro atoms. The predicted molar refractivity (Wildman–Crippen MR) is 64.1 cm³/mol. The summed E-state index contributed by atoms with van der Waals surface area (Å²) in [5.41, 5.74) is 0.972. The molecule has 0 aliphatic heterocycles. The summed E-state index contributed by atoms with van der Waals surface area (Å²) in [7, 11) is 1.80. The molecule has 0 atom stereocenters. The molecule has 0 aliphatic carbocycles. The number of aryl methyl sites for hydroxylation is 1. The maximum absolute atomic E-state index is 11.0. The quantitative estimate of drug-likeness (QED) is 0.837. The molecule has 0 fully saturated rings. The molecule has 0 bridgehead atoms. The van der Waals surface area contributed by atoms with E-state index < -0.39 is 5.97 Å². The Balaban J connectivity index is 3.02. The minimum absolute atomic E-state index is 0.232. The topological polar surface area (TPSA) is 77.2 Å². The second kappa shape index (κ2) is 5.85. The fourth-order valence-corrected chi connectivity index (χ4v) is 1.40. The van der Waals surface area contributed by atoms with E-state index in [2.05, 4.69) is 4.98 Å². The maximum Gasteiger partial charge on any atom is 0.335 e. The van der Waals surface area contributed by atoms with Crippen LogP contribution in [0.15, 0.2) is 12.1 Å². The molecule has 0 unspecified atom stereocenters. The largest absolute Gasteiger partial charge is 0.478 e. The van der Waals surface area contributed by atoms with E-state index in [1.165, 1.54) is 6.07 Å². The van der Waals surface area contributed by atoms with Gasteiger partial charge in [-0.1, -0.05) is 6.92 Å². The van der Waals surface area contributed by atoms with Gasteiger partial charge in [0.05, 0.1) is 18.1 Å². The molecule has 17 heavy (non-hydrogen) atoms. The lowest BCUT2D eigenvalue weighted by atomic mass is 10.2. The molecule has 1 N–H and O–H groups in total. The third-order valence-electron chi connectivity index (χ3n) is 2.42. The summed E-state index contributed by atoms with van der Waals surface area (Å²) >= 11 is 0. The van der Waals surface area contributed by atoms with Crippen molar-refractivity contribution in [3.8, 4) is 6.07 Å². The normalized spacial score (nSPS) is 9.71. The van der Waals surface area contributed by atoms with Gasteiger partial charge >= 0.3 is 5.97 Å². The van der Waals surface area contributed by atoms with Crippen molar-refractivity contribution in [1.29, 1.82) is 5.26 Å². The van der Waals surface area contributed by atoms with Gasteiger partial charge in [-0.25, -0.2) is 9.78 Å². The van der Waals surface area contributed by atoms with Crippen molar-refractivity contribution in [2.75, 3.05) is 18.5 Å². The van der Waals surface area contributed by atoms with Crippen molar-refractivity contribution >= 4 is 11.8 Å². The molecular weight excluding hydrogens is 218 g/mol. The molecule has 0 radical (unpaired) electrons.